The number of anilines is 1. The average Bonchev–Trinajstić information content (AvgIpc) is 3.76. The number of hydrogen-bond acceptors (Lipinski definition) is 12. The Labute approximate surface area is 380 Å². The highest BCUT2D eigenvalue weighted by atomic mass is 28.4. The highest BCUT2D eigenvalue weighted by Crippen LogP contribution is 2.45. The van der Waals surface area contributed by atoms with E-state index >= 15 is 0 Å². The molecule has 2 heterocycles. The first-order valence-electron chi connectivity index (χ1n) is 21.8. The van der Waals surface area contributed by atoms with Crippen molar-refractivity contribution in [2.45, 2.75) is 127 Å². The number of benzene rings is 3. The molecular weight excluding hydrogens is 855 g/mol. The summed E-state index contributed by atoms with van der Waals surface area (Å²) in [4.78, 5) is 63.0. The molecule has 4 N–H and O–H groups in total. The summed E-state index contributed by atoms with van der Waals surface area (Å²) >= 11 is 0. The fourth-order valence-electron chi connectivity index (χ4n) is 8.40. The van der Waals surface area contributed by atoms with Crippen molar-refractivity contribution in [3.8, 4) is 11.1 Å². The van der Waals surface area contributed by atoms with E-state index in [2.05, 4.69) is 49.5 Å². The summed E-state index contributed by atoms with van der Waals surface area (Å²) in [7, 11) is -2.70. The third kappa shape index (κ3) is 11.5. The molecule has 2 fully saturated rings. The van der Waals surface area contributed by atoms with Gasteiger partial charge in [-0.3, -0.25) is 14.4 Å². The molecule has 0 aromatic heterocycles. The molecule has 0 unspecified atom stereocenters. The van der Waals surface area contributed by atoms with Gasteiger partial charge in [-0.1, -0.05) is 87.2 Å². The molecule has 0 bridgehead atoms. The number of carbonyl (C=O) groups excluding carboxylic acids is 4. The smallest absolute Gasteiger partial charge is 0.407 e. The first-order chi connectivity index (χ1) is 30.7. The maximum Gasteiger partial charge on any atom is 0.407 e. The van der Waals surface area contributed by atoms with Crippen molar-refractivity contribution in [1.82, 2.24) is 10.6 Å². The molecule has 2 aliphatic heterocycles. The lowest BCUT2D eigenvalue weighted by Crippen LogP contribution is -2.65. The number of hydrogen-bond donors (Lipinski definition) is 4. The number of alkyl carbamates (subject to hydrolysis) is 1. The molecule has 65 heavy (non-hydrogen) atoms. The number of nitrogens with one attached hydrogen (secondary N) is 3. The SMILES string of the molecule is C=CCOC(=O)[C@@H](NC(=O)OCC1c2ccccc2-c2ccccc21)[C@@H](C)O[C@H]1O[C@H](CO[Si](C)(C)C(C)(C)c2ccc(NC(=O)CCC(=O)O)cc2)[C@@H]2OC(C)(C)O[C@@H]2[C@H]1NC(C)=O. The van der Waals surface area contributed by atoms with Gasteiger partial charge in [0.15, 0.2) is 26.4 Å². The molecule has 350 valence electrons. The molecule has 17 heteroatoms. The van der Waals surface area contributed by atoms with Gasteiger partial charge in [0.25, 0.3) is 0 Å². The number of aliphatic carboxylic acids is 1. The number of rotatable bonds is 19. The number of carboxylic acids is 1. The second-order valence-electron chi connectivity index (χ2n) is 18.0. The molecule has 0 radical (unpaired) electrons. The number of ether oxygens (including phenoxy) is 6. The van der Waals surface area contributed by atoms with Gasteiger partial charge in [0, 0.05) is 30.0 Å². The summed E-state index contributed by atoms with van der Waals surface area (Å²) < 4.78 is 44.0. The molecule has 7 atom stereocenters. The van der Waals surface area contributed by atoms with E-state index in [1.54, 1.807) is 32.9 Å². The fourth-order valence-corrected chi connectivity index (χ4v) is 10.2. The van der Waals surface area contributed by atoms with E-state index in [9.17, 15) is 24.0 Å². The van der Waals surface area contributed by atoms with Crippen LogP contribution in [0.5, 0.6) is 0 Å². The lowest BCUT2D eigenvalue weighted by atomic mass is 9.96. The van der Waals surface area contributed by atoms with Gasteiger partial charge in [0.05, 0.1) is 19.1 Å². The summed E-state index contributed by atoms with van der Waals surface area (Å²) in [6.45, 7) is 18.3. The minimum absolute atomic E-state index is 0.00785. The molecule has 0 saturated carbocycles. The molecule has 6 rings (SSSR count). The van der Waals surface area contributed by atoms with Gasteiger partial charge in [-0.2, -0.15) is 0 Å². The molecule has 3 aliphatic rings. The summed E-state index contributed by atoms with van der Waals surface area (Å²) in [6, 6.07) is 21.0. The van der Waals surface area contributed by atoms with Crippen molar-refractivity contribution in [2.24, 2.45) is 0 Å². The number of esters is 1. The Hall–Kier alpha value is -5.43. The van der Waals surface area contributed by atoms with Crippen LogP contribution in [0.2, 0.25) is 13.1 Å². The molecule has 3 amide bonds. The van der Waals surface area contributed by atoms with Crippen LogP contribution in [-0.4, -0.2) is 112 Å². The Morgan fingerprint density at radius 1 is 0.892 bits per heavy atom. The molecule has 3 aromatic rings. The molecular formula is C48H61N3O13Si. The van der Waals surface area contributed by atoms with Gasteiger partial charge < -0.3 is 53.9 Å². The highest BCUT2D eigenvalue weighted by Gasteiger charge is 2.57. The summed E-state index contributed by atoms with van der Waals surface area (Å²) in [5.41, 5.74) is 5.69. The van der Waals surface area contributed by atoms with E-state index in [-0.39, 0.29) is 44.5 Å². The Bertz CT molecular complexity index is 2190. The normalized spacial score (nSPS) is 22.0. The Morgan fingerprint density at radius 3 is 2.11 bits per heavy atom. The van der Waals surface area contributed by atoms with Crippen molar-refractivity contribution in [1.29, 1.82) is 0 Å². The highest BCUT2D eigenvalue weighted by molar-refractivity contribution is 6.74. The Morgan fingerprint density at radius 2 is 1.51 bits per heavy atom. The third-order valence-electron chi connectivity index (χ3n) is 12.5. The number of carboxylic acid groups (broad SMARTS) is 1. The quantitative estimate of drug-likeness (QED) is 0.0591. The van der Waals surface area contributed by atoms with Crippen molar-refractivity contribution in [2.75, 3.05) is 25.1 Å². The molecule has 0 spiro atoms. The van der Waals surface area contributed by atoms with Gasteiger partial charge in [0.2, 0.25) is 11.8 Å². The van der Waals surface area contributed by atoms with E-state index in [1.807, 2.05) is 60.7 Å². The first-order valence-corrected chi connectivity index (χ1v) is 24.7. The predicted molar refractivity (Wildman–Crippen MR) is 242 cm³/mol. The number of carbonyl (C=O) groups is 5. The molecule has 2 saturated heterocycles. The maximum atomic E-state index is 13.6. The number of amides is 3. The van der Waals surface area contributed by atoms with Crippen LogP contribution in [-0.2, 0) is 57.1 Å². The summed E-state index contributed by atoms with van der Waals surface area (Å²) in [6.07, 6.45) is -4.44. The predicted octanol–water partition coefficient (Wildman–Crippen LogP) is 6.32. The largest absolute Gasteiger partial charge is 0.481 e. The van der Waals surface area contributed by atoms with E-state index in [4.69, 9.17) is 38.0 Å². The summed E-state index contributed by atoms with van der Waals surface area (Å²) in [5.74, 6) is -3.92. The van der Waals surface area contributed by atoms with Gasteiger partial charge in [-0.15, -0.1) is 0 Å². The van der Waals surface area contributed by atoms with E-state index in [1.165, 1.54) is 13.0 Å². The topological polar surface area (TPSA) is 206 Å². The van der Waals surface area contributed by atoms with Crippen LogP contribution >= 0.6 is 0 Å². The van der Waals surface area contributed by atoms with Crippen molar-refractivity contribution < 1.29 is 61.9 Å². The first kappa shape index (κ1) is 49.0. The molecule has 3 aromatic carbocycles. The minimum atomic E-state index is -2.70. The van der Waals surface area contributed by atoms with Gasteiger partial charge in [-0.05, 0) is 73.8 Å². The van der Waals surface area contributed by atoms with Crippen LogP contribution in [0.3, 0.4) is 0 Å². The third-order valence-corrected chi connectivity index (χ3v) is 16.6. The second kappa shape index (κ2) is 20.4. The van der Waals surface area contributed by atoms with E-state index in [0.29, 0.717) is 5.69 Å². The van der Waals surface area contributed by atoms with Crippen LogP contribution in [0.25, 0.3) is 11.1 Å². The van der Waals surface area contributed by atoms with Gasteiger partial charge >= 0.3 is 18.0 Å². The molecule has 1 aliphatic carbocycles. The van der Waals surface area contributed by atoms with Crippen LogP contribution in [0, 0.1) is 0 Å². The maximum absolute atomic E-state index is 13.6. The van der Waals surface area contributed by atoms with Crippen molar-refractivity contribution >= 4 is 43.9 Å². The van der Waals surface area contributed by atoms with Crippen LogP contribution in [0.1, 0.15) is 77.0 Å². The van der Waals surface area contributed by atoms with Crippen molar-refractivity contribution in [3.05, 3.63) is 102 Å². The standard InChI is InChI=1S/C48H61N3O13Si/c1-10-25-58-44(56)40(51-46(57)59-26-36-34-17-13-11-15-32(34)33-16-12-14-18-35(33)36)28(2)61-45-41(49-29(3)52)43-42(63-48(6,7)64-43)37(62-45)27-60-65(8,9)47(4,5)30-19-21-31(22-20-30)50-38(53)23-24-39(54)55/h10-22,28,36-37,40-43,45H,1,23-27H2,2-9H3,(H,49,52)(H,50,53)(H,51,57)(H,54,55)/t28-,37-,40+,41-,42+,43-,45+/m1/s1. The lowest BCUT2D eigenvalue weighted by molar-refractivity contribution is -0.264. The van der Waals surface area contributed by atoms with Gasteiger partial charge in [0.1, 0.15) is 37.6 Å². The Kier molecular flexibility index (Phi) is 15.4. The van der Waals surface area contributed by atoms with E-state index < -0.39 is 85.9 Å². The molecule has 16 nitrogen and oxygen atoms in total. The van der Waals surface area contributed by atoms with Crippen LogP contribution < -0.4 is 16.0 Å². The minimum Gasteiger partial charge on any atom is -0.481 e. The second-order valence-corrected chi connectivity index (χ2v) is 22.6. The van der Waals surface area contributed by atoms with Crippen LogP contribution in [0.4, 0.5) is 10.5 Å². The van der Waals surface area contributed by atoms with Gasteiger partial charge in [-0.25, -0.2) is 9.59 Å². The number of fused-ring (bicyclic) bond motifs is 4. The van der Waals surface area contributed by atoms with Crippen LogP contribution in [0.15, 0.2) is 85.5 Å². The zero-order valence-electron chi connectivity index (χ0n) is 38.2. The zero-order chi connectivity index (χ0) is 47.3. The van der Waals surface area contributed by atoms with E-state index in [0.717, 1.165) is 27.8 Å². The fraction of sp³-hybridized carbons (Fsp3) is 0.479. The Balaban J connectivity index is 1.18. The lowest BCUT2D eigenvalue weighted by Gasteiger charge is -2.45. The summed E-state index contributed by atoms with van der Waals surface area (Å²) in [5, 5.41) is 16.7. The average molecular weight is 916 g/mol. The monoisotopic (exact) mass is 915 g/mol. The zero-order valence-corrected chi connectivity index (χ0v) is 39.2. The van der Waals surface area contributed by atoms with Crippen molar-refractivity contribution in [3.63, 3.8) is 0 Å².